The molecule has 1 aliphatic rings. The second kappa shape index (κ2) is 10.2. The molecule has 0 saturated carbocycles. The molecule has 3 aromatic rings. The zero-order chi connectivity index (χ0) is 22.5. The van der Waals surface area contributed by atoms with Crippen LogP contribution in [0, 0.1) is 17.2 Å². The Labute approximate surface area is 196 Å². The number of hydrogen-bond donors (Lipinski definition) is 1. The molecule has 1 aliphatic carbocycles. The molecular formula is C24H24N4O2S2. The van der Waals surface area contributed by atoms with Gasteiger partial charge in [-0.2, -0.15) is 5.26 Å². The van der Waals surface area contributed by atoms with Gasteiger partial charge in [-0.3, -0.25) is 4.79 Å². The molecule has 0 radical (unpaired) electrons. The zero-order valence-electron chi connectivity index (χ0n) is 18.1. The van der Waals surface area contributed by atoms with Crippen molar-refractivity contribution >= 4 is 34.1 Å². The minimum atomic E-state index is -0.108. The van der Waals surface area contributed by atoms with Crippen LogP contribution in [0.3, 0.4) is 0 Å². The maximum atomic E-state index is 12.4. The molecule has 1 unspecified atom stereocenters. The summed E-state index contributed by atoms with van der Waals surface area (Å²) >= 11 is 2.85. The highest BCUT2D eigenvalue weighted by Crippen LogP contribution is 2.32. The average molecular weight is 465 g/mol. The Bertz CT molecular complexity index is 1170. The molecule has 8 heteroatoms. The Morgan fingerprint density at radius 3 is 3.03 bits per heavy atom. The molecule has 1 atom stereocenters. The summed E-state index contributed by atoms with van der Waals surface area (Å²) in [5, 5.41) is 15.6. The number of carbonyl (C=O) groups excluding carboxylic acids is 1. The first-order valence-electron chi connectivity index (χ1n) is 10.5. The number of thiazole rings is 1. The van der Waals surface area contributed by atoms with Crippen molar-refractivity contribution in [3.05, 3.63) is 52.5 Å². The smallest absolute Gasteiger partial charge is 0.226 e. The number of nitrogens with zero attached hydrogens (tertiary/aromatic N) is 3. The fourth-order valence-corrected chi connectivity index (χ4v) is 5.39. The van der Waals surface area contributed by atoms with Gasteiger partial charge >= 0.3 is 0 Å². The van der Waals surface area contributed by atoms with E-state index < -0.39 is 0 Å². The maximum absolute atomic E-state index is 12.4. The second-order valence-electron chi connectivity index (χ2n) is 7.79. The van der Waals surface area contributed by atoms with E-state index in [2.05, 4.69) is 23.3 Å². The number of hydrogen-bond acceptors (Lipinski definition) is 7. The summed E-state index contributed by atoms with van der Waals surface area (Å²) in [4.78, 5) is 21.7. The SMILES string of the molecule is COc1ccccc1-c1csc(NC(=O)CCSc2nc3c(cc2C#N)CC(C)CC3)n1. The van der Waals surface area contributed by atoms with Crippen molar-refractivity contribution in [1.29, 1.82) is 5.26 Å². The Hall–Kier alpha value is -2.89. The number of methoxy groups -OCH3 is 1. The number of rotatable bonds is 7. The normalized spacial score (nSPS) is 15.0. The van der Waals surface area contributed by atoms with Crippen LogP contribution >= 0.6 is 23.1 Å². The number of para-hydroxylation sites is 1. The predicted molar refractivity (Wildman–Crippen MR) is 128 cm³/mol. The zero-order valence-corrected chi connectivity index (χ0v) is 19.7. The van der Waals surface area contributed by atoms with Crippen molar-refractivity contribution in [3.63, 3.8) is 0 Å². The van der Waals surface area contributed by atoms with Crippen molar-refractivity contribution in [1.82, 2.24) is 9.97 Å². The lowest BCUT2D eigenvalue weighted by Crippen LogP contribution is -2.14. The van der Waals surface area contributed by atoms with Gasteiger partial charge in [0.15, 0.2) is 5.13 Å². The quantitative estimate of drug-likeness (QED) is 0.476. The molecule has 4 rings (SSSR count). The second-order valence-corrected chi connectivity index (χ2v) is 9.73. The molecular weight excluding hydrogens is 440 g/mol. The molecule has 1 aromatic carbocycles. The minimum absolute atomic E-state index is 0.108. The van der Waals surface area contributed by atoms with Crippen molar-refractivity contribution < 1.29 is 9.53 Å². The summed E-state index contributed by atoms with van der Waals surface area (Å²) in [6, 6.07) is 11.9. The first-order chi connectivity index (χ1) is 15.6. The topological polar surface area (TPSA) is 87.9 Å². The first-order valence-corrected chi connectivity index (χ1v) is 12.4. The van der Waals surface area contributed by atoms with Gasteiger partial charge in [0.25, 0.3) is 0 Å². The van der Waals surface area contributed by atoms with Crippen molar-refractivity contribution in [2.45, 2.75) is 37.6 Å². The van der Waals surface area contributed by atoms with Gasteiger partial charge in [-0.05, 0) is 48.9 Å². The van der Waals surface area contributed by atoms with Gasteiger partial charge in [0.2, 0.25) is 5.91 Å². The highest BCUT2D eigenvalue weighted by molar-refractivity contribution is 7.99. The fraction of sp³-hybridized carbons (Fsp3) is 0.333. The van der Waals surface area contributed by atoms with E-state index in [4.69, 9.17) is 9.72 Å². The molecule has 0 bridgehead atoms. The molecule has 2 aromatic heterocycles. The summed E-state index contributed by atoms with van der Waals surface area (Å²) in [6.45, 7) is 2.23. The van der Waals surface area contributed by atoms with Gasteiger partial charge in [0.1, 0.15) is 16.8 Å². The van der Waals surface area contributed by atoms with Crippen molar-refractivity contribution in [3.8, 4) is 23.1 Å². The fourth-order valence-electron chi connectivity index (χ4n) is 3.75. The van der Waals surface area contributed by atoms with Gasteiger partial charge in [0, 0.05) is 28.8 Å². The van der Waals surface area contributed by atoms with E-state index in [0.717, 1.165) is 47.0 Å². The number of ether oxygens (including phenoxy) is 1. The standard InChI is InChI=1S/C24H24N4O2S2/c1-15-7-8-19-16(11-15)12-17(13-25)23(26-19)31-10-9-22(29)28-24-27-20(14-32-24)18-5-3-4-6-21(18)30-2/h3-6,12,14-15H,7-11H2,1-2H3,(H,27,28,29). The Morgan fingerprint density at radius 2 is 2.22 bits per heavy atom. The average Bonchev–Trinajstić information content (AvgIpc) is 3.26. The lowest BCUT2D eigenvalue weighted by Gasteiger charge is -2.21. The number of pyridine rings is 1. The van der Waals surface area contributed by atoms with Crippen LogP contribution in [-0.4, -0.2) is 28.7 Å². The van der Waals surface area contributed by atoms with Gasteiger partial charge in [0.05, 0.1) is 18.4 Å². The Kier molecular flexibility index (Phi) is 7.08. The van der Waals surface area contributed by atoms with Crippen molar-refractivity contribution in [2.24, 2.45) is 5.92 Å². The third-order valence-electron chi connectivity index (χ3n) is 5.42. The van der Waals surface area contributed by atoms with Gasteiger partial charge in [-0.25, -0.2) is 9.97 Å². The number of thioether (sulfide) groups is 1. The summed E-state index contributed by atoms with van der Waals surface area (Å²) in [7, 11) is 1.63. The molecule has 0 fully saturated rings. The van der Waals surface area contributed by atoms with E-state index in [9.17, 15) is 10.1 Å². The van der Waals surface area contributed by atoms with Gasteiger partial charge < -0.3 is 10.1 Å². The van der Waals surface area contributed by atoms with Crippen LogP contribution < -0.4 is 10.1 Å². The van der Waals surface area contributed by atoms with Crippen LogP contribution in [0.2, 0.25) is 0 Å². The number of nitriles is 1. The monoisotopic (exact) mass is 464 g/mol. The summed E-state index contributed by atoms with van der Waals surface area (Å²) in [6.07, 6.45) is 3.38. The third kappa shape index (κ3) is 5.12. The van der Waals surface area contributed by atoms with E-state index >= 15 is 0 Å². The largest absolute Gasteiger partial charge is 0.496 e. The number of nitrogens with one attached hydrogen (secondary N) is 1. The first kappa shape index (κ1) is 22.3. The summed E-state index contributed by atoms with van der Waals surface area (Å²) in [5.74, 6) is 1.82. The van der Waals surface area contributed by atoms with Crippen LogP contribution in [0.15, 0.2) is 40.7 Å². The molecule has 2 heterocycles. The van der Waals surface area contributed by atoms with E-state index in [-0.39, 0.29) is 5.91 Å². The number of benzene rings is 1. The molecule has 32 heavy (non-hydrogen) atoms. The Balaban J connectivity index is 1.35. The number of anilines is 1. The number of aryl methyl sites for hydroxylation is 1. The Morgan fingerprint density at radius 1 is 1.38 bits per heavy atom. The number of fused-ring (bicyclic) bond motifs is 1. The molecule has 6 nitrogen and oxygen atoms in total. The van der Waals surface area contributed by atoms with E-state index in [1.54, 1.807) is 7.11 Å². The predicted octanol–water partition coefficient (Wildman–Crippen LogP) is 5.33. The van der Waals surface area contributed by atoms with Crippen LogP contribution in [-0.2, 0) is 17.6 Å². The minimum Gasteiger partial charge on any atom is -0.496 e. The highest BCUT2D eigenvalue weighted by atomic mass is 32.2. The van der Waals surface area contributed by atoms with E-state index in [1.807, 2.05) is 35.7 Å². The van der Waals surface area contributed by atoms with Gasteiger partial charge in [-0.15, -0.1) is 23.1 Å². The molecule has 1 N–H and O–H groups in total. The lowest BCUT2D eigenvalue weighted by molar-refractivity contribution is -0.115. The molecule has 164 valence electrons. The van der Waals surface area contributed by atoms with E-state index in [1.165, 1.54) is 28.7 Å². The van der Waals surface area contributed by atoms with Crippen LogP contribution in [0.1, 0.15) is 36.6 Å². The van der Waals surface area contributed by atoms with Crippen LogP contribution in [0.4, 0.5) is 5.13 Å². The van der Waals surface area contributed by atoms with Crippen LogP contribution in [0.25, 0.3) is 11.3 Å². The number of amides is 1. The van der Waals surface area contributed by atoms with Crippen molar-refractivity contribution in [2.75, 3.05) is 18.2 Å². The van der Waals surface area contributed by atoms with Gasteiger partial charge in [-0.1, -0.05) is 19.1 Å². The molecule has 0 aliphatic heterocycles. The number of aromatic nitrogens is 2. The summed E-state index contributed by atoms with van der Waals surface area (Å²) in [5.41, 5.74) is 4.55. The number of carbonyl (C=O) groups is 1. The molecule has 0 spiro atoms. The highest BCUT2D eigenvalue weighted by Gasteiger charge is 2.19. The van der Waals surface area contributed by atoms with E-state index in [0.29, 0.717) is 28.8 Å². The lowest BCUT2D eigenvalue weighted by atomic mass is 9.87. The third-order valence-corrected chi connectivity index (χ3v) is 7.17. The molecule has 0 saturated heterocycles. The molecule has 1 amide bonds. The maximum Gasteiger partial charge on any atom is 0.226 e. The summed E-state index contributed by atoms with van der Waals surface area (Å²) < 4.78 is 5.39. The van der Waals surface area contributed by atoms with Crippen LogP contribution in [0.5, 0.6) is 5.75 Å².